The van der Waals surface area contributed by atoms with Gasteiger partial charge in [-0.3, -0.25) is 4.21 Å². The molecular weight excluding hydrogens is 242 g/mol. The summed E-state index contributed by atoms with van der Waals surface area (Å²) in [5.41, 5.74) is 1.32. The number of hydrogen-bond acceptors (Lipinski definition) is 2. The summed E-state index contributed by atoms with van der Waals surface area (Å²) >= 11 is 0. The van der Waals surface area contributed by atoms with Gasteiger partial charge < -0.3 is 5.32 Å². The lowest BCUT2D eigenvalue weighted by Crippen LogP contribution is -2.31. The van der Waals surface area contributed by atoms with Crippen LogP contribution in [0.15, 0.2) is 30.3 Å². The van der Waals surface area contributed by atoms with Gasteiger partial charge in [0, 0.05) is 34.9 Å². The Bertz CT molecular complexity index is 364. The zero-order valence-corrected chi connectivity index (χ0v) is 12.7. The first-order chi connectivity index (χ1) is 8.50. The molecule has 1 aromatic rings. The van der Waals surface area contributed by atoms with E-state index in [0.29, 0.717) is 12.0 Å². The molecule has 102 valence electrons. The molecule has 0 aliphatic heterocycles. The zero-order valence-electron chi connectivity index (χ0n) is 11.8. The summed E-state index contributed by atoms with van der Waals surface area (Å²) in [7, 11) is -0.758. The van der Waals surface area contributed by atoms with Gasteiger partial charge in [0.1, 0.15) is 0 Å². The summed E-state index contributed by atoms with van der Waals surface area (Å²) in [6, 6.07) is 10.9. The largest absolute Gasteiger partial charge is 0.309 e. The van der Waals surface area contributed by atoms with E-state index in [0.717, 1.165) is 13.0 Å². The quantitative estimate of drug-likeness (QED) is 0.822. The number of nitrogens with one attached hydrogen (secondary N) is 1. The molecule has 0 amide bonds. The van der Waals surface area contributed by atoms with Crippen LogP contribution < -0.4 is 5.32 Å². The minimum Gasteiger partial charge on any atom is -0.309 e. The van der Waals surface area contributed by atoms with Crippen LogP contribution in [0.3, 0.4) is 0 Å². The predicted octanol–water partition coefficient (Wildman–Crippen LogP) is 3.13. The normalized spacial score (nSPS) is 16.5. The first-order valence-electron chi connectivity index (χ1n) is 6.61. The summed E-state index contributed by atoms with van der Waals surface area (Å²) < 4.78 is 11.4. The molecule has 0 bridgehead atoms. The molecule has 0 aliphatic rings. The van der Waals surface area contributed by atoms with E-state index in [9.17, 15) is 4.21 Å². The molecule has 3 heteroatoms. The van der Waals surface area contributed by atoms with Gasteiger partial charge in [-0.1, -0.05) is 44.2 Å². The highest BCUT2D eigenvalue weighted by Gasteiger charge is 2.14. The fraction of sp³-hybridized carbons (Fsp3) is 0.600. The fourth-order valence-corrected chi connectivity index (χ4v) is 2.25. The lowest BCUT2D eigenvalue weighted by atomic mass is 9.97. The van der Waals surface area contributed by atoms with E-state index in [-0.39, 0.29) is 5.25 Å². The summed E-state index contributed by atoms with van der Waals surface area (Å²) in [6.45, 7) is 7.30. The van der Waals surface area contributed by atoms with Crippen LogP contribution in [0.25, 0.3) is 0 Å². The van der Waals surface area contributed by atoms with Crippen molar-refractivity contribution < 1.29 is 4.21 Å². The van der Waals surface area contributed by atoms with E-state index in [2.05, 4.69) is 43.4 Å². The van der Waals surface area contributed by atoms with Crippen molar-refractivity contribution in [2.45, 2.75) is 38.5 Å². The second kappa shape index (κ2) is 7.70. The highest BCUT2D eigenvalue weighted by Crippen LogP contribution is 2.21. The van der Waals surface area contributed by atoms with Gasteiger partial charge in [-0.15, -0.1) is 0 Å². The van der Waals surface area contributed by atoms with E-state index < -0.39 is 10.8 Å². The second-order valence-corrected chi connectivity index (χ2v) is 7.11. The molecule has 1 N–H and O–H groups in total. The third kappa shape index (κ3) is 5.32. The monoisotopic (exact) mass is 267 g/mol. The Kier molecular flexibility index (Phi) is 6.58. The van der Waals surface area contributed by atoms with Crippen LogP contribution in [-0.4, -0.2) is 22.3 Å². The minimum atomic E-state index is -0.758. The second-order valence-electron chi connectivity index (χ2n) is 5.31. The van der Waals surface area contributed by atoms with Gasteiger partial charge in [-0.25, -0.2) is 0 Å². The first kappa shape index (κ1) is 15.4. The van der Waals surface area contributed by atoms with Crippen LogP contribution in [0.5, 0.6) is 0 Å². The molecule has 0 fully saturated rings. The molecular formula is C15H25NOS. The molecule has 1 aromatic carbocycles. The van der Waals surface area contributed by atoms with E-state index in [4.69, 9.17) is 0 Å². The molecule has 0 saturated carbocycles. The Hall–Kier alpha value is -0.670. The maximum Gasteiger partial charge on any atom is 0.0441 e. The standard InChI is InChI=1S/C15H25NOS/c1-12(2)10-15(14-8-6-5-7-9-14)16-11-13(3)18(4)17/h5-9,12-13,15-16H,10-11H2,1-4H3. The van der Waals surface area contributed by atoms with Crippen molar-refractivity contribution in [3.05, 3.63) is 35.9 Å². The van der Waals surface area contributed by atoms with E-state index in [1.807, 2.05) is 13.0 Å². The van der Waals surface area contributed by atoms with Crippen molar-refractivity contribution in [3.8, 4) is 0 Å². The molecule has 0 spiro atoms. The third-order valence-corrected chi connectivity index (χ3v) is 4.43. The molecule has 0 aromatic heterocycles. The van der Waals surface area contributed by atoms with Crippen LogP contribution in [0.1, 0.15) is 38.8 Å². The first-order valence-corrected chi connectivity index (χ1v) is 8.23. The van der Waals surface area contributed by atoms with Gasteiger partial charge in [0.15, 0.2) is 0 Å². The van der Waals surface area contributed by atoms with Gasteiger partial charge in [0.05, 0.1) is 0 Å². The van der Waals surface area contributed by atoms with Gasteiger partial charge in [0.25, 0.3) is 0 Å². The lowest BCUT2D eigenvalue weighted by Gasteiger charge is -2.22. The van der Waals surface area contributed by atoms with Crippen LogP contribution in [0, 0.1) is 5.92 Å². The maximum atomic E-state index is 11.4. The Balaban J connectivity index is 2.65. The lowest BCUT2D eigenvalue weighted by molar-refractivity contribution is 0.431. The van der Waals surface area contributed by atoms with Crippen molar-refractivity contribution in [1.29, 1.82) is 0 Å². The topological polar surface area (TPSA) is 29.1 Å². The van der Waals surface area contributed by atoms with Gasteiger partial charge in [0.2, 0.25) is 0 Å². The van der Waals surface area contributed by atoms with E-state index in [1.54, 1.807) is 6.26 Å². The van der Waals surface area contributed by atoms with Crippen molar-refractivity contribution in [2.24, 2.45) is 5.92 Å². The molecule has 3 atom stereocenters. The van der Waals surface area contributed by atoms with Gasteiger partial charge in [-0.05, 0) is 24.8 Å². The summed E-state index contributed by atoms with van der Waals surface area (Å²) in [5.74, 6) is 0.644. The highest BCUT2D eigenvalue weighted by molar-refractivity contribution is 7.84. The summed E-state index contributed by atoms with van der Waals surface area (Å²) in [6.07, 6.45) is 2.87. The van der Waals surface area contributed by atoms with Crippen LogP contribution >= 0.6 is 0 Å². The highest BCUT2D eigenvalue weighted by atomic mass is 32.2. The Labute approximate surface area is 114 Å². The molecule has 2 nitrogen and oxygen atoms in total. The minimum absolute atomic E-state index is 0.198. The number of rotatable bonds is 7. The van der Waals surface area contributed by atoms with Crippen molar-refractivity contribution in [1.82, 2.24) is 5.32 Å². The number of hydrogen-bond donors (Lipinski definition) is 1. The SMILES string of the molecule is CC(C)CC(NCC(C)S(C)=O)c1ccccc1. The average Bonchev–Trinajstić information content (AvgIpc) is 2.34. The maximum absolute atomic E-state index is 11.4. The summed E-state index contributed by atoms with van der Waals surface area (Å²) in [5, 5.41) is 3.75. The fourth-order valence-electron chi connectivity index (χ4n) is 1.92. The average molecular weight is 267 g/mol. The van der Waals surface area contributed by atoms with Crippen molar-refractivity contribution in [3.63, 3.8) is 0 Å². The number of benzene rings is 1. The molecule has 3 unspecified atom stereocenters. The Morgan fingerprint density at radius 2 is 1.78 bits per heavy atom. The summed E-state index contributed by atoms with van der Waals surface area (Å²) in [4.78, 5) is 0. The Morgan fingerprint density at radius 1 is 1.17 bits per heavy atom. The van der Waals surface area contributed by atoms with Crippen LogP contribution in [0.2, 0.25) is 0 Å². The van der Waals surface area contributed by atoms with Gasteiger partial charge in [-0.2, -0.15) is 0 Å². The Morgan fingerprint density at radius 3 is 2.28 bits per heavy atom. The molecule has 0 radical (unpaired) electrons. The van der Waals surface area contributed by atoms with E-state index in [1.165, 1.54) is 5.56 Å². The predicted molar refractivity (Wildman–Crippen MR) is 80.2 cm³/mol. The third-order valence-electron chi connectivity index (χ3n) is 3.13. The van der Waals surface area contributed by atoms with Crippen molar-refractivity contribution >= 4 is 10.8 Å². The van der Waals surface area contributed by atoms with Crippen LogP contribution in [0.4, 0.5) is 0 Å². The van der Waals surface area contributed by atoms with Crippen LogP contribution in [-0.2, 0) is 10.8 Å². The smallest absolute Gasteiger partial charge is 0.0441 e. The van der Waals surface area contributed by atoms with Gasteiger partial charge >= 0.3 is 0 Å². The molecule has 18 heavy (non-hydrogen) atoms. The zero-order chi connectivity index (χ0) is 13.5. The van der Waals surface area contributed by atoms with E-state index >= 15 is 0 Å². The molecule has 0 aliphatic carbocycles. The molecule has 0 heterocycles. The van der Waals surface area contributed by atoms with Crippen molar-refractivity contribution in [2.75, 3.05) is 12.8 Å². The molecule has 1 rings (SSSR count). The molecule has 0 saturated heterocycles.